The first-order valence-corrected chi connectivity index (χ1v) is 9.91. The summed E-state index contributed by atoms with van der Waals surface area (Å²) in [7, 11) is 6.08. The third-order valence-electron chi connectivity index (χ3n) is 5.33. The van der Waals surface area contributed by atoms with Gasteiger partial charge in [0.2, 0.25) is 0 Å². The minimum absolute atomic E-state index is 0.730. The first-order valence-electron chi connectivity index (χ1n) is 9.91. The Bertz CT molecular complexity index is 795. The molecule has 1 aromatic carbocycles. The standard InChI is InChI=1S/C22H32N6/c1-18-7-5-6-8-20(18)17-27(4)22(23-2)25-16-19-9-10-24-21(15-19)28-13-11-26(3)12-14-28/h5-10,15H,11-14,16-17H2,1-4H3,(H,23,25). The van der Waals surface area contributed by atoms with Crippen molar-refractivity contribution in [2.75, 3.05) is 52.2 Å². The number of benzene rings is 1. The molecule has 0 aliphatic carbocycles. The van der Waals surface area contributed by atoms with E-state index in [9.17, 15) is 0 Å². The number of likely N-dealkylation sites (N-methyl/N-ethyl adjacent to an activating group) is 1. The molecule has 6 nitrogen and oxygen atoms in total. The fourth-order valence-corrected chi connectivity index (χ4v) is 3.46. The second-order valence-corrected chi connectivity index (χ2v) is 7.50. The van der Waals surface area contributed by atoms with Crippen LogP contribution < -0.4 is 10.2 Å². The second kappa shape index (κ2) is 9.55. The van der Waals surface area contributed by atoms with E-state index < -0.39 is 0 Å². The third-order valence-corrected chi connectivity index (χ3v) is 5.33. The van der Waals surface area contributed by atoms with Gasteiger partial charge in [-0.15, -0.1) is 0 Å². The highest BCUT2D eigenvalue weighted by Crippen LogP contribution is 2.15. The van der Waals surface area contributed by atoms with Crippen LogP contribution in [0.5, 0.6) is 0 Å². The molecule has 0 spiro atoms. The molecule has 0 radical (unpaired) electrons. The van der Waals surface area contributed by atoms with Crippen LogP contribution in [0.25, 0.3) is 0 Å². The average Bonchev–Trinajstić information content (AvgIpc) is 2.71. The number of nitrogens with zero attached hydrogens (tertiary/aromatic N) is 5. The molecule has 1 fully saturated rings. The molecule has 1 saturated heterocycles. The van der Waals surface area contributed by atoms with E-state index in [1.54, 1.807) is 0 Å². The Morgan fingerprint density at radius 2 is 1.93 bits per heavy atom. The Morgan fingerprint density at radius 1 is 1.18 bits per heavy atom. The Morgan fingerprint density at radius 3 is 2.64 bits per heavy atom. The van der Waals surface area contributed by atoms with Crippen molar-refractivity contribution in [3.8, 4) is 0 Å². The normalized spacial score (nSPS) is 15.6. The van der Waals surface area contributed by atoms with Crippen molar-refractivity contribution < 1.29 is 0 Å². The van der Waals surface area contributed by atoms with Crippen molar-refractivity contribution >= 4 is 11.8 Å². The summed E-state index contributed by atoms with van der Waals surface area (Å²) in [5.41, 5.74) is 3.83. The van der Waals surface area contributed by atoms with E-state index in [1.165, 1.54) is 16.7 Å². The molecule has 0 unspecified atom stereocenters. The minimum Gasteiger partial charge on any atom is -0.354 e. The highest BCUT2D eigenvalue weighted by Gasteiger charge is 2.15. The van der Waals surface area contributed by atoms with Crippen LogP contribution in [0.1, 0.15) is 16.7 Å². The lowest BCUT2D eigenvalue weighted by Crippen LogP contribution is -2.44. The molecule has 0 bridgehead atoms. The summed E-state index contributed by atoms with van der Waals surface area (Å²) in [6.07, 6.45) is 1.91. The quantitative estimate of drug-likeness (QED) is 0.637. The van der Waals surface area contributed by atoms with Crippen LogP contribution in [0, 0.1) is 6.92 Å². The van der Waals surface area contributed by atoms with Crippen LogP contribution >= 0.6 is 0 Å². The van der Waals surface area contributed by atoms with Gasteiger partial charge in [0.15, 0.2) is 5.96 Å². The van der Waals surface area contributed by atoms with E-state index in [0.29, 0.717) is 0 Å². The fraction of sp³-hybridized carbons (Fsp3) is 0.455. The first kappa shape index (κ1) is 20.1. The molecule has 3 rings (SSSR count). The number of piperazine rings is 1. The number of anilines is 1. The predicted octanol–water partition coefficient (Wildman–Crippen LogP) is 2.35. The molecule has 2 heterocycles. The number of pyridine rings is 1. The van der Waals surface area contributed by atoms with Gasteiger partial charge < -0.3 is 20.0 Å². The van der Waals surface area contributed by atoms with E-state index in [2.05, 4.69) is 87.4 Å². The van der Waals surface area contributed by atoms with Gasteiger partial charge >= 0.3 is 0 Å². The van der Waals surface area contributed by atoms with Crippen molar-refractivity contribution in [2.24, 2.45) is 4.99 Å². The molecule has 1 aliphatic rings. The van der Waals surface area contributed by atoms with Crippen molar-refractivity contribution in [3.05, 3.63) is 59.3 Å². The van der Waals surface area contributed by atoms with Crippen LogP contribution in [-0.4, -0.2) is 68.1 Å². The molecule has 150 valence electrons. The summed E-state index contributed by atoms with van der Waals surface area (Å²) in [4.78, 5) is 15.9. The molecule has 0 amide bonds. The molecule has 28 heavy (non-hydrogen) atoms. The number of nitrogens with one attached hydrogen (secondary N) is 1. The van der Waals surface area contributed by atoms with Gasteiger partial charge in [-0.3, -0.25) is 4.99 Å². The first-order chi connectivity index (χ1) is 13.6. The molecule has 0 saturated carbocycles. The molecule has 6 heteroatoms. The summed E-state index contributed by atoms with van der Waals surface area (Å²) >= 11 is 0. The Hall–Kier alpha value is -2.60. The highest BCUT2D eigenvalue weighted by atomic mass is 15.3. The summed E-state index contributed by atoms with van der Waals surface area (Å²) in [5.74, 6) is 1.96. The summed E-state index contributed by atoms with van der Waals surface area (Å²) in [5, 5.41) is 3.48. The van der Waals surface area contributed by atoms with Crippen molar-refractivity contribution in [1.82, 2.24) is 20.1 Å². The van der Waals surface area contributed by atoms with Gasteiger partial charge in [0.1, 0.15) is 5.82 Å². The number of aryl methyl sites for hydroxylation is 1. The zero-order valence-corrected chi connectivity index (χ0v) is 17.5. The molecule has 1 N–H and O–H groups in total. The zero-order valence-electron chi connectivity index (χ0n) is 17.5. The highest BCUT2D eigenvalue weighted by molar-refractivity contribution is 5.79. The van der Waals surface area contributed by atoms with Gasteiger partial charge in [-0.05, 0) is 42.8 Å². The van der Waals surface area contributed by atoms with E-state index >= 15 is 0 Å². The van der Waals surface area contributed by atoms with Crippen molar-refractivity contribution in [1.29, 1.82) is 0 Å². The van der Waals surface area contributed by atoms with Crippen LogP contribution in [0.15, 0.2) is 47.6 Å². The van der Waals surface area contributed by atoms with Gasteiger partial charge in [-0.2, -0.15) is 0 Å². The van der Waals surface area contributed by atoms with E-state index in [0.717, 1.165) is 51.0 Å². The monoisotopic (exact) mass is 380 g/mol. The van der Waals surface area contributed by atoms with Gasteiger partial charge in [0, 0.05) is 59.6 Å². The maximum absolute atomic E-state index is 4.57. The maximum atomic E-state index is 4.57. The smallest absolute Gasteiger partial charge is 0.193 e. The van der Waals surface area contributed by atoms with Gasteiger partial charge in [0.25, 0.3) is 0 Å². The van der Waals surface area contributed by atoms with Crippen LogP contribution in [0.2, 0.25) is 0 Å². The summed E-state index contributed by atoms with van der Waals surface area (Å²) in [6, 6.07) is 12.7. The van der Waals surface area contributed by atoms with Crippen molar-refractivity contribution in [2.45, 2.75) is 20.0 Å². The molecular formula is C22H32N6. The molecular weight excluding hydrogens is 348 g/mol. The Kier molecular flexibility index (Phi) is 6.87. The molecule has 1 aliphatic heterocycles. The number of rotatable bonds is 5. The number of aliphatic imine (C=N–C) groups is 1. The largest absolute Gasteiger partial charge is 0.354 e. The average molecular weight is 381 g/mol. The third kappa shape index (κ3) is 5.23. The zero-order chi connectivity index (χ0) is 19.9. The number of guanidine groups is 1. The van der Waals surface area contributed by atoms with Gasteiger partial charge in [0.05, 0.1) is 0 Å². The lowest BCUT2D eigenvalue weighted by Gasteiger charge is -2.33. The second-order valence-electron chi connectivity index (χ2n) is 7.50. The van der Waals surface area contributed by atoms with Crippen LogP contribution in [0.4, 0.5) is 5.82 Å². The SMILES string of the molecule is CN=C(NCc1ccnc(N2CCN(C)CC2)c1)N(C)Cc1ccccc1C. The van der Waals surface area contributed by atoms with Crippen LogP contribution in [0.3, 0.4) is 0 Å². The Balaban J connectivity index is 1.59. The Labute approximate surface area is 168 Å². The maximum Gasteiger partial charge on any atom is 0.193 e. The van der Waals surface area contributed by atoms with Crippen LogP contribution in [-0.2, 0) is 13.1 Å². The topological polar surface area (TPSA) is 47.0 Å². The molecule has 0 atom stereocenters. The predicted molar refractivity (Wildman–Crippen MR) is 117 cm³/mol. The molecule has 2 aromatic rings. The van der Waals surface area contributed by atoms with E-state index in [4.69, 9.17) is 0 Å². The summed E-state index contributed by atoms with van der Waals surface area (Å²) in [6.45, 7) is 7.93. The lowest BCUT2D eigenvalue weighted by atomic mass is 10.1. The summed E-state index contributed by atoms with van der Waals surface area (Å²) < 4.78 is 0. The number of hydrogen-bond acceptors (Lipinski definition) is 4. The lowest BCUT2D eigenvalue weighted by molar-refractivity contribution is 0.312. The van der Waals surface area contributed by atoms with Crippen molar-refractivity contribution in [3.63, 3.8) is 0 Å². The number of hydrogen-bond donors (Lipinski definition) is 1. The fourth-order valence-electron chi connectivity index (χ4n) is 3.46. The van der Waals surface area contributed by atoms with E-state index in [1.807, 2.05) is 13.2 Å². The van der Waals surface area contributed by atoms with Gasteiger partial charge in [-0.1, -0.05) is 24.3 Å². The minimum atomic E-state index is 0.730. The molecule has 1 aromatic heterocycles. The number of aromatic nitrogens is 1. The van der Waals surface area contributed by atoms with E-state index in [-0.39, 0.29) is 0 Å². The van der Waals surface area contributed by atoms with Gasteiger partial charge in [-0.25, -0.2) is 4.98 Å².